The molecule has 1 fully saturated rings. The van der Waals surface area contributed by atoms with E-state index in [0.717, 1.165) is 6.07 Å². The van der Waals surface area contributed by atoms with Crippen molar-refractivity contribution >= 4 is 17.3 Å². The van der Waals surface area contributed by atoms with Gasteiger partial charge in [-0.2, -0.15) is 18.4 Å². The molecule has 1 heterocycles. The molecule has 0 saturated carbocycles. The van der Waals surface area contributed by atoms with Crippen LogP contribution in [0.5, 0.6) is 0 Å². The highest BCUT2D eigenvalue weighted by Crippen LogP contribution is 2.31. The third-order valence-electron chi connectivity index (χ3n) is 3.47. The molecule has 7 heteroatoms. The van der Waals surface area contributed by atoms with Crippen molar-refractivity contribution in [1.29, 1.82) is 5.26 Å². The van der Waals surface area contributed by atoms with Crippen molar-refractivity contribution in [1.82, 2.24) is 4.90 Å². The quantitative estimate of drug-likeness (QED) is 0.803. The van der Waals surface area contributed by atoms with Gasteiger partial charge < -0.3 is 4.90 Å². The van der Waals surface area contributed by atoms with Crippen molar-refractivity contribution in [2.75, 3.05) is 37.6 Å². The average molecular weight is 318 g/mol. The first-order valence-electron chi connectivity index (χ1n) is 6.58. The van der Waals surface area contributed by atoms with Crippen LogP contribution in [0.2, 0.25) is 0 Å². The van der Waals surface area contributed by atoms with Crippen molar-refractivity contribution in [2.45, 2.75) is 11.6 Å². The molecule has 0 aromatic heterocycles. The van der Waals surface area contributed by atoms with Crippen molar-refractivity contribution in [3.8, 4) is 6.07 Å². The summed E-state index contributed by atoms with van der Waals surface area (Å²) in [6.45, 7) is 3.09. The second-order valence-electron chi connectivity index (χ2n) is 4.93. The monoisotopic (exact) mass is 317 g/mol. The lowest BCUT2D eigenvalue weighted by Crippen LogP contribution is -2.48. The van der Waals surface area contributed by atoms with Gasteiger partial charge in [0.25, 0.3) is 0 Å². The lowest BCUT2D eigenvalue weighted by atomic mass is 10.1. The highest BCUT2D eigenvalue weighted by atomic mass is 35.5. The number of benzene rings is 1. The molecule has 3 nitrogen and oxygen atoms in total. The summed E-state index contributed by atoms with van der Waals surface area (Å²) in [6, 6.07) is 7.33. The van der Waals surface area contributed by atoms with E-state index in [1.54, 1.807) is 6.07 Å². The second kappa shape index (κ2) is 6.54. The zero-order chi connectivity index (χ0) is 15.5. The Morgan fingerprint density at radius 1 is 1.24 bits per heavy atom. The summed E-state index contributed by atoms with van der Waals surface area (Å²) in [5.74, 6) is 0. The van der Waals surface area contributed by atoms with Gasteiger partial charge in [-0.3, -0.25) is 4.90 Å². The van der Waals surface area contributed by atoms with Gasteiger partial charge in [-0.15, -0.1) is 11.6 Å². The number of nitriles is 1. The predicted octanol–water partition coefficient (Wildman–Crippen LogP) is 2.96. The number of nitrogens with zero attached hydrogens (tertiary/aromatic N) is 3. The Kier molecular flexibility index (Phi) is 4.96. The maximum absolute atomic E-state index is 12.7. The fraction of sp³-hybridized carbons (Fsp3) is 0.500. The molecular weight excluding hydrogens is 303 g/mol. The van der Waals surface area contributed by atoms with Crippen LogP contribution in [0.25, 0.3) is 0 Å². The van der Waals surface area contributed by atoms with E-state index in [2.05, 4.69) is 0 Å². The van der Waals surface area contributed by atoms with Crippen LogP contribution in [0.15, 0.2) is 24.3 Å². The number of alkyl halides is 4. The molecule has 1 aromatic carbocycles. The van der Waals surface area contributed by atoms with Crippen molar-refractivity contribution in [3.05, 3.63) is 29.8 Å². The molecule has 0 N–H and O–H groups in total. The summed E-state index contributed by atoms with van der Waals surface area (Å²) in [7, 11) is 0. The molecule has 21 heavy (non-hydrogen) atoms. The van der Waals surface area contributed by atoms with E-state index in [0.29, 0.717) is 38.4 Å². The van der Waals surface area contributed by atoms with E-state index in [1.807, 2.05) is 15.9 Å². The van der Waals surface area contributed by atoms with Gasteiger partial charge >= 0.3 is 6.18 Å². The van der Waals surface area contributed by atoms with Gasteiger partial charge in [0.2, 0.25) is 0 Å². The Hall–Kier alpha value is -1.45. The zero-order valence-electron chi connectivity index (χ0n) is 11.3. The standard InChI is InChI=1S/C14H15ClF3N3/c15-12(9-19)10-20-4-6-21(7-5-20)13-3-1-2-11(8-13)14(16,17)18/h1-3,8,12H,4-7,10H2. The molecule has 0 bridgehead atoms. The number of halogens is 4. The molecule has 0 aliphatic carbocycles. The molecule has 2 rings (SSSR count). The largest absolute Gasteiger partial charge is 0.416 e. The second-order valence-corrected chi connectivity index (χ2v) is 5.46. The fourth-order valence-corrected chi connectivity index (χ4v) is 2.53. The van der Waals surface area contributed by atoms with Crippen LogP contribution in [0.3, 0.4) is 0 Å². The molecule has 1 atom stereocenters. The molecule has 0 radical (unpaired) electrons. The molecule has 0 spiro atoms. The summed E-state index contributed by atoms with van der Waals surface area (Å²) < 4.78 is 38.1. The summed E-state index contributed by atoms with van der Waals surface area (Å²) >= 11 is 5.78. The first kappa shape index (κ1) is 15.9. The van der Waals surface area contributed by atoms with Gasteiger partial charge in [0.15, 0.2) is 0 Å². The Balaban J connectivity index is 1.98. The summed E-state index contributed by atoms with van der Waals surface area (Å²) in [6.07, 6.45) is -4.32. The van der Waals surface area contributed by atoms with E-state index >= 15 is 0 Å². The Morgan fingerprint density at radius 2 is 1.90 bits per heavy atom. The number of anilines is 1. The maximum Gasteiger partial charge on any atom is 0.416 e. The van der Waals surface area contributed by atoms with Crippen LogP contribution in [0.1, 0.15) is 5.56 Å². The summed E-state index contributed by atoms with van der Waals surface area (Å²) in [5, 5.41) is 8.13. The molecule has 1 unspecified atom stereocenters. The van der Waals surface area contributed by atoms with Gasteiger partial charge in [0.1, 0.15) is 5.38 Å². The molecule has 1 saturated heterocycles. The van der Waals surface area contributed by atoms with Gasteiger partial charge in [-0.05, 0) is 18.2 Å². The number of rotatable bonds is 3. The van der Waals surface area contributed by atoms with Crippen molar-refractivity contribution in [2.24, 2.45) is 0 Å². The minimum Gasteiger partial charge on any atom is -0.369 e. The van der Waals surface area contributed by atoms with Crippen molar-refractivity contribution in [3.63, 3.8) is 0 Å². The fourth-order valence-electron chi connectivity index (χ4n) is 2.34. The normalized spacial score (nSPS) is 18.3. The van der Waals surface area contributed by atoms with Gasteiger partial charge in [0.05, 0.1) is 11.6 Å². The van der Waals surface area contributed by atoms with E-state index in [-0.39, 0.29) is 0 Å². The van der Waals surface area contributed by atoms with E-state index < -0.39 is 17.1 Å². The van der Waals surface area contributed by atoms with Crippen LogP contribution in [0, 0.1) is 11.3 Å². The highest BCUT2D eigenvalue weighted by Gasteiger charge is 2.31. The summed E-state index contributed by atoms with van der Waals surface area (Å²) in [4.78, 5) is 3.96. The van der Waals surface area contributed by atoms with E-state index in [4.69, 9.17) is 16.9 Å². The van der Waals surface area contributed by atoms with E-state index in [1.165, 1.54) is 12.1 Å². The third kappa shape index (κ3) is 4.26. The van der Waals surface area contributed by atoms with Crippen LogP contribution in [-0.4, -0.2) is 43.0 Å². The van der Waals surface area contributed by atoms with Crippen LogP contribution >= 0.6 is 11.6 Å². The van der Waals surface area contributed by atoms with Crippen LogP contribution in [0.4, 0.5) is 18.9 Å². The van der Waals surface area contributed by atoms with Crippen LogP contribution < -0.4 is 4.90 Å². The Morgan fingerprint density at radius 3 is 2.48 bits per heavy atom. The first-order valence-corrected chi connectivity index (χ1v) is 7.02. The van der Waals surface area contributed by atoms with Gasteiger partial charge in [0, 0.05) is 38.4 Å². The number of hydrogen-bond donors (Lipinski definition) is 0. The van der Waals surface area contributed by atoms with E-state index in [9.17, 15) is 13.2 Å². The number of piperazine rings is 1. The SMILES string of the molecule is N#CC(Cl)CN1CCN(c2cccc(C(F)(F)F)c2)CC1. The van der Waals surface area contributed by atoms with Crippen LogP contribution in [-0.2, 0) is 6.18 Å². The Bertz CT molecular complexity index is 519. The topological polar surface area (TPSA) is 30.3 Å². The molecular formula is C14H15ClF3N3. The molecule has 0 amide bonds. The Labute approximate surface area is 126 Å². The third-order valence-corrected chi connectivity index (χ3v) is 3.71. The zero-order valence-corrected chi connectivity index (χ0v) is 12.0. The molecule has 114 valence electrons. The average Bonchev–Trinajstić information content (AvgIpc) is 2.47. The van der Waals surface area contributed by atoms with Gasteiger partial charge in [-0.1, -0.05) is 6.07 Å². The summed E-state index contributed by atoms with van der Waals surface area (Å²) in [5.41, 5.74) is -0.0556. The number of hydrogen-bond acceptors (Lipinski definition) is 3. The predicted molar refractivity (Wildman–Crippen MR) is 75.4 cm³/mol. The first-order chi connectivity index (χ1) is 9.90. The maximum atomic E-state index is 12.7. The smallest absolute Gasteiger partial charge is 0.369 e. The molecule has 1 aliphatic heterocycles. The minimum absolute atomic E-state index is 0.481. The molecule has 1 aliphatic rings. The highest BCUT2D eigenvalue weighted by molar-refractivity contribution is 6.22. The van der Waals surface area contributed by atoms with Gasteiger partial charge in [-0.25, -0.2) is 0 Å². The minimum atomic E-state index is -4.32. The lowest BCUT2D eigenvalue weighted by Gasteiger charge is -2.36. The van der Waals surface area contributed by atoms with Crippen molar-refractivity contribution < 1.29 is 13.2 Å². The lowest BCUT2D eigenvalue weighted by molar-refractivity contribution is -0.137. The molecule has 1 aromatic rings.